The van der Waals surface area contributed by atoms with Crippen molar-refractivity contribution < 1.29 is 8.42 Å². The maximum Gasteiger partial charge on any atom is 0.272 e. The van der Waals surface area contributed by atoms with E-state index >= 15 is 0 Å². The summed E-state index contributed by atoms with van der Waals surface area (Å²) in [6.45, 7) is 0. The fraction of sp³-hybridized carbons (Fsp3) is 0.125. The van der Waals surface area contributed by atoms with Crippen LogP contribution >= 0.6 is 0 Å². The molecular weight excluding hydrogens is 216 g/mol. The van der Waals surface area contributed by atoms with Gasteiger partial charge in [0.15, 0.2) is 0 Å². The Morgan fingerprint density at radius 3 is 2.40 bits per heavy atom. The normalized spacial score (nSPS) is 11.5. The summed E-state index contributed by atoms with van der Waals surface area (Å²) in [6, 6.07) is 8.05. The van der Waals surface area contributed by atoms with Gasteiger partial charge in [-0.3, -0.25) is 0 Å². The number of hydrogen-bond acceptors (Lipinski definition) is 5. The smallest absolute Gasteiger partial charge is 0.219 e. The Morgan fingerprint density at radius 1 is 1.20 bits per heavy atom. The monoisotopic (exact) mass is 224 g/mol. The second-order valence-corrected chi connectivity index (χ2v) is 4.74. The minimum absolute atomic E-state index is 0.159. The van der Waals surface area contributed by atoms with Gasteiger partial charge in [0.05, 0.1) is 4.90 Å². The van der Waals surface area contributed by atoms with E-state index in [0.717, 1.165) is 4.68 Å². The zero-order valence-electron chi connectivity index (χ0n) is 7.90. The quantitative estimate of drug-likeness (QED) is 0.719. The van der Waals surface area contributed by atoms with E-state index in [1.165, 1.54) is 19.2 Å². The molecule has 0 aliphatic heterocycles. The van der Waals surface area contributed by atoms with Crippen LogP contribution < -0.4 is 0 Å². The van der Waals surface area contributed by atoms with E-state index in [1.807, 2.05) is 0 Å². The summed E-state index contributed by atoms with van der Waals surface area (Å²) < 4.78 is 25.0. The van der Waals surface area contributed by atoms with Crippen LogP contribution in [0.2, 0.25) is 0 Å². The second-order valence-electron chi connectivity index (χ2n) is 2.90. The summed E-state index contributed by atoms with van der Waals surface area (Å²) in [7, 11) is -2.12. The molecule has 2 rings (SSSR count). The molecule has 2 aromatic rings. The van der Waals surface area contributed by atoms with Gasteiger partial charge < -0.3 is 0 Å². The Balaban J connectivity index is 2.60. The van der Waals surface area contributed by atoms with Gasteiger partial charge in [-0.1, -0.05) is 23.3 Å². The molecule has 0 saturated carbocycles. The predicted molar refractivity (Wildman–Crippen MR) is 50.7 cm³/mol. The molecule has 0 aliphatic carbocycles. The van der Waals surface area contributed by atoms with Gasteiger partial charge in [0.2, 0.25) is 9.84 Å². The van der Waals surface area contributed by atoms with Crippen LogP contribution in [0.1, 0.15) is 0 Å². The molecule has 78 valence electrons. The van der Waals surface area contributed by atoms with E-state index in [9.17, 15) is 8.42 Å². The van der Waals surface area contributed by atoms with Gasteiger partial charge in [0, 0.05) is 7.05 Å². The highest BCUT2D eigenvalue weighted by Crippen LogP contribution is 2.16. The van der Waals surface area contributed by atoms with Crippen molar-refractivity contribution in [2.45, 2.75) is 10.1 Å². The van der Waals surface area contributed by atoms with Crippen molar-refractivity contribution in [1.82, 2.24) is 20.2 Å². The molecule has 1 aromatic heterocycles. The first-order chi connectivity index (χ1) is 7.12. The van der Waals surface area contributed by atoms with Crippen molar-refractivity contribution in [2.24, 2.45) is 7.05 Å². The van der Waals surface area contributed by atoms with Crippen molar-refractivity contribution >= 4 is 9.84 Å². The number of hydrogen-bond donors (Lipinski definition) is 0. The Labute approximate surface area is 86.5 Å². The van der Waals surface area contributed by atoms with Gasteiger partial charge in [0.25, 0.3) is 5.16 Å². The van der Waals surface area contributed by atoms with Gasteiger partial charge in [-0.2, -0.15) is 0 Å². The Bertz CT molecular complexity index is 561. The van der Waals surface area contributed by atoms with Gasteiger partial charge in [-0.15, -0.1) is 0 Å². The number of nitrogens with zero attached hydrogens (tertiary/aromatic N) is 4. The Hall–Kier alpha value is -1.76. The molecule has 1 heterocycles. The van der Waals surface area contributed by atoms with E-state index in [0.29, 0.717) is 0 Å². The van der Waals surface area contributed by atoms with Crippen LogP contribution in [0, 0.1) is 0 Å². The third kappa shape index (κ3) is 1.61. The van der Waals surface area contributed by atoms with E-state index in [4.69, 9.17) is 0 Å². The van der Waals surface area contributed by atoms with E-state index in [2.05, 4.69) is 15.5 Å². The summed E-state index contributed by atoms with van der Waals surface area (Å²) in [5.74, 6) is 0. The summed E-state index contributed by atoms with van der Waals surface area (Å²) in [6.07, 6.45) is 0. The molecule has 7 heteroatoms. The van der Waals surface area contributed by atoms with Crippen molar-refractivity contribution in [3.63, 3.8) is 0 Å². The average molecular weight is 224 g/mol. The van der Waals surface area contributed by atoms with Crippen LogP contribution in [0.15, 0.2) is 40.4 Å². The molecule has 0 N–H and O–H groups in total. The van der Waals surface area contributed by atoms with Crippen LogP contribution in [0.3, 0.4) is 0 Å². The molecule has 0 amide bonds. The first-order valence-corrected chi connectivity index (χ1v) is 5.63. The van der Waals surface area contributed by atoms with E-state index in [1.54, 1.807) is 18.2 Å². The average Bonchev–Trinajstić information content (AvgIpc) is 2.66. The molecular formula is C8H8N4O2S. The number of aryl methyl sites for hydroxylation is 1. The molecule has 0 atom stereocenters. The number of rotatable bonds is 2. The molecule has 15 heavy (non-hydrogen) atoms. The lowest BCUT2D eigenvalue weighted by Gasteiger charge is -2.00. The summed E-state index contributed by atoms with van der Waals surface area (Å²) >= 11 is 0. The Kier molecular flexibility index (Phi) is 2.24. The lowest BCUT2D eigenvalue weighted by molar-refractivity contribution is 0.569. The molecule has 6 nitrogen and oxygen atoms in total. The molecule has 0 fully saturated rings. The van der Waals surface area contributed by atoms with Gasteiger partial charge in [0.1, 0.15) is 0 Å². The number of aromatic nitrogens is 4. The minimum atomic E-state index is -3.60. The fourth-order valence-corrected chi connectivity index (χ4v) is 2.41. The summed E-state index contributed by atoms with van der Waals surface area (Å²) in [5.41, 5.74) is 0. The molecule has 0 bridgehead atoms. The minimum Gasteiger partial charge on any atom is -0.219 e. The van der Waals surface area contributed by atoms with Crippen molar-refractivity contribution in [3.8, 4) is 0 Å². The van der Waals surface area contributed by atoms with Crippen LogP contribution in [0.4, 0.5) is 0 Å². The van der Waals surface area contributed by atoms with Crippen LogP contribution in [-0.2, 0) is 16.9 Å². The van der Waals surface area contributed by atoms with Crippen molar-refractivity contribution in [2.75, 3.05) is 0 Å². The maximum absolute atomic E-state index is 12.0. The lowest BCUT2D eigenvalue weighted by atomic mass is 10.4. The zero-order valence-corrected chi connectivity index (χ0v) is 8.72. The fourth-order valence-electron chi connectivity index (χ4n) is 1.15. The first-order valence-electron chi connectivity index (χ1n) is 4.15. The molecule has 0 aliphatic rings. The van der Waals surface area contributed by atoms with Gasteiger partial charge in [-0.25, -0.2) is 13.1 Å². The second kappa shape index (κ2) is 3.43. The molecule has 0 radical (unpaired) electrons. The summed E-state index contributed by atoms with van der Waals surface area (Å²) in [4.78, 5) is 0.183. The van der Waals surface area contributed by atoms with Crippen LogP contribution in [-0.4, -0.2) is 28.6 Å². The van der Waals surface area contributed by atoms with Gasteiger partial charge in [-0.05, 0) is 22.6 Å². The molecule has 0 saturated heterocycles. The standard InChI is InChI=1S/C8H8N4O2S/c1-12-8(9-10-11-12)15(13,14)7-5-3-2-4-6-7/h2-6H,1H3. The van der Waals surface area contributed by atoms with Crippen LogP contribution in [0.25, 0.3) is 0 Å². The SMILES string of the molecule is Cn1nnnc1S(=O)(=O)c1ccccc1. The highest BCUT2D eigenvalue weighted by atomic mass is 32.2. The predicted octanol–water partition coefficient (Wildman–Crippen LogP) is 0.0429. The molecule has 1 aromatic carbocycles. The first kappa shape index (κ1) is 9.78. The maximum atomic E-state index is 12.0. The lowest BCUT2D eigenvalue weighted by Crippen LogP contribution is -2.09. The van der Waals surface area contributed by atoms with E-state index in [-0.39, 0.29) is 10.1 Å². The van der Waals surface area contributed by atoms with Crippen LogP contribution in [0.5, 0.6) is 0 Å². The Morgan fingerprint density at radius 2 is 1.87 bits per heavy atom. The van der Waals surface area contributed by atoms with Gasteiger partial charge >= 0.3 is 0 Å². The van der Waals surface area contributed by atoms with Crippen molar-refractivity contribution in [3.05, 3.63) is 30.3 Å². The topological polar surface area (TPSA) is 77.7 Å². The number of sulfone groups is 1. The zero-order chi connectivity index (χ0) is 10.9. The molecule has 0 unspecified atom stereocenters. The number of benzene rings is 1. The number of tetrazole rings is 1. The molecule has 0 spiro atoms. The largest absolute Gasteiger partial charge is 0.272 e. The highest BCUT2D eigenvalue weighted by Gasteiger charge is 2.23. The van der Waals surface area contributed by atoms with Crippen molar-refractivity contribution in [1.29, 1.82) is 0 Å². The van der Waals surface area contributed by atoms with E-state index < -0.39 is 9.84 Å². The summed E-state index contributed by atoms with van der Waals surface area (Å²) in [5, 5.41) is 10.1. The third-order valence-electron chi connectivity index (χ3n) is 1.88. The third-order valence-corrected chi connectivity index (χ3v) is 3.59. The highest BCUT2D eigenvalue weighted by molar-refractivity contribution is 7.91.